The second-order valence-electron chi connectivity index (χ2n) is 5.98. The number of nitrogens with zero attached hydrogens (tertiary/aromatic N) is 1. The van der Waals surface area contributed by atoms with Gasteiger partial charge in [-0.3, -0.25) is 9.59 Å². The Morgan fingerprint density at radius 2 is 2.19 bits per heavy atom. The summed E-state index contributed by atoms with van der Waals surface area (Å²) in [5.41, 5.74) is 1.97. The predicted octanol–water partition coefficient (Wildman–Crippen LogP) is 2.88. The molecule has 2 rings (SSSR count). The highest BCUT2D eigenvalue weighted by Crippen LogP contribution is 2.29. The Kier molecular flexibility index (Phi) is 5.04. The number of carbonyl (C=O) groups is 2. The van der Waals surface area contributed by atoms with Crippen molar-refractivity contribution in [1.82, 2.24) is 5.32 Å². The first-order valence-electron chi connectivity index (χ1n) is 7.22. The smallest absolute Gasteiger partial charge is 0.227 e. The summed E-state index contributed by atoms with van der Waals surface area (Å²) in [6.45, 7) is 7.21. The lowest BCUT2D eigenvalue weighted by molar-refractivity contribution is -0.126. The van der Waals surface area contributed by atoms with Crippen molar-refractivity contribution in [3.63, 3.8) is 0 Å². The Labute approximate surface area is 134 Å². The van der Waals surface area contributed by atoms with E-state index in [4.69, 9.17) is 0 Å². The number of nitrogens with one attached hydrogen (secondary N) is 1. The summed E-state index contributed by atoms with van der Waals surface area (Å²) in [6.07, 6.45) is 0.287. The molecule has 1 aromatic carbocycles. The van der Waals surface area contributed by atoms with Gasteiger partial charge in [-0.15, -0.1) is 0 Å². The third-order valence-electron chi connectivity index (χ3n) is 3.65. The summed E-state index contributed by atoms with van der Waals surface area (Å²) < 4.78 is 0.973. The van der Waals surface area contributed by atoms with E-state index in [1.54, 1.807) is 4.90 Å². The SMILES string of the molecule is Cc1ccc(N2CC(C(=O)NCC(C)C)CC2=O)cc1Br. The molecule has 1 aliphatic heterocycles. The maximum Gasteiger partial charge on any atom is 0.227 e. The van der Waals surface area contributed by atoms with E-state index in [0.29, 0.717) is 19.0 Å². The van der Waals surface area contributed by atoms with Crippen LogP contribution in [0.2, 0.25) is 0 Å². The van der Waals surface area contributed by atoms with E-state index in [-0.39, 0.29) is 24.2 Å². The van der Waals surface area contributed by atoms with E-state index in [2.05, 4.69) is 35.1 Å². The molecule has 2 amide bonds. The first kappa shape index (κ1) is 16.0. The largest absolute Gasteiger partial charge is 0.356 e. The van der Waals surface area contributed by atoms with Crippen molar-refractivity contribution in [3.8, 4) is 0 Å². The van der Waals surface area contributed by atoms with Crippen molar-refractivity contribution >= 4 is 33.4 Å². The molecule has 1 fully saturated rings. The Bertz CT molecular complexity index is 557. The van der Waals surface area contributed by atoms with E-state index in [0.717, 1.165) is 15.7 Å². The molecule has 21 heavy (non-hydrogen) atoms. The quantitative estimate of drug-likeness (QED) is 0.905. The average Bonchev–Trinajstić information content (AvgIpc) is 2.81. The Morgan fingerprint density at radius 3 is 2.81 bits per heavy atom. The predicted molar refractivity (Wildman–Crippen MR) is 87.2 cm³/mol. The summed E-state index contributed by atoms with van der Waals surface area (Å²) in [7, 11) is 0. The van der Waals surface area contributed by atoms with Crippen molar-refractivity contribution in [2.24, 2.45) is 11.8 Å². The van der Waals surface area contributed by atoms with Gasteiger partial charge in [-0.25, -0.2) is 0 Å². The number of hydrogen-bond acceptors (Lipinski definition) is 2. The fourth-order valence-corrected chi connectivity index (χ4v) is 2.70. The molecule has 1 atom stereocenters. The first-order valence-corrected chi connectivity index (χ1v) is 8.02. The van der Waals surface area contributed by atoms with Gasteiger partial charge in [0.1, 0.15) is 0 Å². The summed E-state index contributed by atoms with van der Waals surface area (Å²) >= 11 is 3.48. The molecular formula is C16H21BrN2O2. The average molecular weight is 353 g/mol. The summed E-state index contributed by atoms with van der Waals surface area (Å²) in [5, 5.41) is 2.91. The first-order chi connectivity index (χ1) is 9.88. The lowest BCUT2D eigenvalue weighted by Crippen LogP contribution is -2.35. The highest BCUT2D eigenvalue weighted by molar-refractivity contribution is 9.10. The highest BCUT2D eigenvalue weighted by Gasteiger charge is 2.35. The van der Waals surface area contributed by atoms with Gasteiger partial charge < -0.3 is 10.2 Å². The third-order valence-corrected chi connectivity index (χ3v) is 4.50. The van der Waals surface area contributed by atoms with Crippen LogP contribution in [0.5, 0.6) is 0 Å². The van der Waals surface area contributed by atoms with Crippen LogP contribution >= 0.6 is 15.9 Å². The minimum absolute atomic E-state index is 0.00968. The number of anilines is 1. The number of rotatable bonds is 4. The van der Waals surface area contributed by atoms with Gasteiger partial charge in [0.2, 0.25) is 11.8 Å². The maximum atomic E-state index is 12.2. The van der Waals surface area contributed by atoms with E-state index < -0.39 is 0 Å². The molecule has 4 nitrogen and oxygen atoms in total. The molecule has 1 heterocycles. The van der Waals surface area contributed by atoms with Gasteiger partial charge in [-0.05, 0) is 30.5 Å². The minimum atomic E-state index is -0.253. The molecular weight excluding hydrogens is 332 g/mol. The van der Waals surface area contributed by atoms with Gasteiger partial charge in [-0.2, -0.15) is 0 Å². The summed E-state index contributed by atoms with van der Waals surface area (Å²) in [5.74, 6) is 0.146. The molecule has 1 aliphatic rings. The molecule has 1 aromatic rings. The van der Waals surface area contributed by atoms with Gasteiger partial charge in [-0.1, -0.05) is 35.8 Å². The van der Waals surface area contributed by atoms with Crippen molar-refractivity contribution in [2.75, 3.05) is 18.0 Å². The molecule has 0 spiro atoms. The monoisotopic (exact) mass is 352 g/mol. The minimum Gasteiger partial charge on any atom is -0.356 e. The summed E-state index contributed by atoms with van der Waals surface area (Å²) in [6, 6.07) is 5.83. The van der Waals surface area contributed by atoms with Crippen LogP contribution in [0.15, 0.2) is 22.7 Å². The Hall–Kier alpha value is -1.36. The van der Waals surface area contributed by atoms with E-state index >= 15 is 0 Å². The number of hydrogen-bond donors (Lipinski definition) is 1. The molecule has 0 saturated carbocycles. The van der Waals surface area contributed by atoms with Crippen LogP contribution < -0.4 is 10.2 Å². The number of halogens is 1. The van der Waals surface area contributed by atoms with Crippen LogP contribution in [-0.4, -0.2) is 24.9 Å². The second kappa shape index (κ2) is 6.60. The van der Waals surface area contributed by atoms with E-state index in [1.807, 2.05) is 25.1 Å². The van der Waals surface area contributed by atoms with Gasteiger partial charge in [0.15, 0.2) is 0 Å². The molecule has 0 aromatic heterocycles. The third kappa shape index (κ3) is 3.84. The molecule has 1 unspecified atom stereocenters. The lowest BCUT2D eigenvalue weighted by Gasteiger charge is -2.18. The molecule has 0 aliphatic carbocycles. The van der Waals surface area contributed by atoms with E-state index in [9.17, 15) is 9.59 Å². The topological polar surface area (TPSA) is 49.4 Å². The van der Waals surface area contributed by atoms with Crippen LogP contribution in [0.4, 0.5) is 5.69 Å². The van der Waals surface area contributed by atoms with Crippen LogP contribution in [-0.2, 0) is 9.59 Å². The molecule has 114 valence electrons. The number of amides is 2. The number of carbonyl (C=O) groups excluding carboxylic acids is 2. The van der Waals surface area contributed by atoms with Gasteiger partial charge >= 0.3 is 0 Å². The molecule has 0 radical (unpaired) electrons. The van der Waals surface area contributed by atoms with Crippen LogP contribution in [0.25, 0.3) is 0 Å². The van der Waals surface area contributed by atoms with Crippen LogP contribution in [0.1, 0.15) is 25.8 Å². The molecule has 0 bridgehead atoms. The van der Waals surface area contributed by atoms with Crippen molar-refractivity contribution in [3.05, 3.63) is 28.2 Å². The molecule has 1 N–H and O–H groups in total. The zero-order valence-corrected chi connectivity index (χ0v) is 14.2. The van der Waals surface area contributed by atoms with Gasteiger partial charge in [0.05, 0.1) is 5.92 Å². The fraction of sp³-hybridized carbons (Fsp3) is 0.500. The van der Waals surface area contributed by atoms with Gasteiger partial charge in [0.25, 0.3) is 0 Å². The van der Waals surface area contributed by atoms with Crippen LogP contribution in [0.3, 0.4) is 0 Å². The van der Waals surface area contributed by atoms with E-state index in [1.165, 1.54) is 0 Å². The zero-order valence-electron chi connectivity index (χ0n) is 12.6. The maximum absolute atomic E-state index is 12.2. The standard InChI is InChI=1S/C16H21BrN2O2/c1-10(2)8-18-16(21)12-6-15(20)19(9-12)13-5-4-11(3)14(17)7-13/h4-5,7,10,12H,6,8-9H2,1-3H3,(H,18,21). The van der Waals surface area contributed by atoms with Crippen LogP contribution in [0, 0.1) is 18.8 Å². The van der Waals surface area contributed by atoms with Crippen molar-refractivity contribution in [2.45, 2.75) is 27.2 Å². The number of benzene rings is 1. The summed E-state index contributed by atoms with van der Waals surface area (Å²) in [4.78, 5) is 25.9. The Morgan fingerprint density at radius 1 is 1.48 bits per heavy atom. The zero-order chi connectivity index (χ0) is 15.6. The Balaban J connectivity index is 2.05. The normalized spacial score (nSPS) is 18.4. The second-order valence-corrected chi connectivity index (χ2v) is 6.83. The molecule has 1 saturated heterocycles. The lowest BCUT2D eigenvalue weighted by atomic mass is 10.1. The van der Waals surface area contributed by atoms with Crippen molar-refractivity contribution < 1.29 is 9.59 Å². The fourth-order valence-electron chi connectivity index (χ4n) is 2.33. The highest BCUT2D eigenvalue weighted by atomic mass is 79.9. The van der Waals surface area contributed by atoms with Crippen molar-refractivity contribution in [1.29, 1.82) is 0 Å². The molecule has 5 heteroatoms. The van der Waals surface area contributed by atoms with Gasteiger partial charge in [0, 0.05) is 29.7 Å². The number of aryl methyl sites for hydroxylation is 1.